The molecule has 21 heavy (non-hydrogen) atoms. The van der Waals surface area contributed by atoms with Crippen LogP contribution in [-0.4, -0.2) is 11.5 Å². The number of hydrogen-bond donors (Lipinski definition) is 1. The second-order valence-electron chi connectivity index (χ2n) is 4.77. The van der Waals surface area contributed by atoms with Crippen LogP contribution in [0.3, 0.4) is 0 Å². The van der Waals surface area contributed by atoms with Crippen LogP contribution in [0.2, 0.25) is 0 Å². The lowest BCUT2D eigenvalue weighted by atomic mass is 9.98. The Hall–Kier alpha value is -2.01. The maximum Gasteiger partial charge on any atom is 0.573 e. The maximum atomic E-state index is 12.2. The highest BCUT2D eigenvalue weighted by molar-refractivity contribution is 5.32. The standard InChI is InChI=1S/C16H15F3O2/c1-11-5-2-3-6-12(11)10-15(20)13-7-4-8-14(9-13)21-16(17,18)19/h2-9,15,20H,10H2,1H3. The highest BCUT2D eigenvalue weighted by Gasteiger charge is 2.31. The second-order valence-corrected chi connectivity index (χ2v) is 4.77. The van der Waals surface area contributed by atoms with Crippen molar-refractivity contribution in [2.75, 3.05) is 0 Å². The molecule has 0 amide bonds. The number of aryl methyl sites for hydroxylation is 1. The Balaban J connectivity index is 2.14. The van der Waals surface area contributed by atoms with E-state index < -0.39 is 12.5 Å². The van der Waals surface area contributed by atoms with Crippen molar-refractivity contribution in [3.05, 3.63) is 65.2 Å². The lowest BCUT2D eigenvalue weighted by Crippen LogP contribution is -2.17. The summed E-state index contributed by atoms with van der Waals surface area (Å²) in [6.07, 6.45) is -5.29. The lowest BCUT2D eigenvalue weighted by Gasteiger charge is -2.15. The van der Waals surface area contributed by atoms with Crippen molar-refractivity contribution < 1.29 is 23.0 Å². The van der Waals surface area contributed by atoms with Gasteiger partial charge in [-0.1, -0.05) is 36.4 Å². The summed E-state index contributed by atoms with van der Waals surface area (Å²) in [4.78, 5) is 0. The molecule has 2 rings (SSSR count). The Morgan fingerprint density at radius 2 is 1.81 bits per heavy atom. The zero-order valence-electron chi connectivity index (χ0n) is 11.4. The van der Waals surface area contributed by atoms with E-state index in [1.54, 1.807) is 6.07 Å². The first-order valence-corrected chi connectivity index (χ1v) is 6.43. The largest absolute Gasteiger partial charge is 0.573 e. The van der Waals surface area contributed by atoms with Gasteiger partial charge >= 0.3 is 6.36 Å². The third-order valence-corrected chi connectivity index (χ3v) is 3.15. The molecule has 0 aliphatic carbocycles. The number of halogens is 3. The molecule has 0 bridgehead atoms. The van der Waals surface area contributed by atoms with Crippen LogP contribution in [0.5, 0.6) is 5.75 Å². The van der Waals surface area contributed by atoms with Crippen LogP contribution in [0.15, 0.2) is 48.5 Å². The fraction of sp³-hybridized carbons (Fsp3) is 0.250. The molecule has 0 fully saturated rings. The number of ether oxygens (including phenoxy) is 1. The van der Waals surface area contributed by atoms with Crippen molar-refractivity contribution in [3.8, 4) is 5.75 Å². The normalized spacial score (nSPS) is 13.0. The molecule has 1 unspecified atom stereocenters. The van der Waals surface area contributed by atoms with E-state index >= 15 is 0 Å². The fourth-order valence-corrected chi connectivity index (χ4v) is 2.08. The van der Waals surface area contributed by atoms with E-state index in [2.05, 4.69) is 4.74 Å². The van der Waals surface area contributed by atoms with E-state index in [0.29, 0.717) is 12.0 Å². The molecule has 2 aromatic carbocycles. The van der Waals surface area contributed by atoms with E-state index in [1.165, 1.54) is 18.2 Å². The summed E-state index contributed by atoms with van der Waals surface area (Å²) in [5.41, 5.74) is 2.37. The third-order valence-electron chi connectivity index (χ3n) is 3.15. The molecule has 1 N–H and O–H groups in total. The summed E-state index contributed by atoms with van der Waals surface area (Å²) in [7, 11) is 0. The van der Waals surface area contributed by atoms with Crippen molar-refractivity contribution in [1.29, 1.82) is 0 Å². The van der Waals surface area contributed by atoms with E-state index in [9.17, 15) is 18.3 Å². The van der Waals surface area contributed by atoms with Crippen molar-refractivity contribution in [2.24, 2.45) is 0 Å². The number of aliphatic hydroxyl groups excluding tert-OH is 1. The zero-order valence-corrected chi connectivity index (χ0v) is 11.4. The Morgan fingerprint density at radius 1 is 1.10 bits per heavy atom. The van der Waals surface area contributed by atoms with Gasteiger partial charge in [0.1, 0.15) is 5.75 Å². The lowest BCUT2D eigenvalue weighted by molar-refractivity contribution is -0.274. The number of rotatable bonds is 4. The molecule has 112 valence electrons. The van der Waals surface area contributed by atoms with Crippen molar-refractivity contribution >= 4 is 0 Å². The minimum atomic E-state index is -4.74. The minimum absolute atomic E-state index is 0.330. The number of alkyl halides is 3. The topological polar surface area (TPSA) is 29.5 Å². The molecule has 0 spiro atoms. The van der Waals surface area contributed by atoms with Gasteiger partial charge in [-0.05, 0) is 35.7 Å². The molecule has 0 heterocycles. The van der Waals surface area contributed by atoms with Gasteiger partial charge < -0.3 is 9.84 Å². The summed E-state index contributed by atoms with van der Waals surface area (Å²) >= 11 is 0. The smallest absolute Gasteiger partial charge is 0.406 e. The van der Waals surface area contributed by atoms with Crippen molar-refractivity contribution in [2.45, 2.75) is 25.8 Å². The highest BCUT2D eigenvalue weighted by atomic mass is 19.4. The molecule has 0 aliphatic heterocycles. The average Bonchev–Trinajstić information content (AvgIpc) is 2.39. The molecule has 2 nitrogen and oxygen atoms in total. The monoisotopic (exact) mass is 296 g/mol. The molecule has 0 saturated carbocycles. The van der Waals surface area contributed by atoms with Gasteiger partial charge in [0.2, 0.25) is 0 Å². The third kappa shape index (κ3) is 4.49. The van der Waals surface area contributed by atoms with Crippen LogP contribution in [0.4, 0.5) is 13.2 Å². The Kier molecular flexibility index (Phi) is 4.53. The van der Waals surface area contributed by atoms with Gasteiger partial charge in [0, 0.05) is 6.42 Å². The van der Waals surface area contributed by atoms with E-state index in [1.807, 2.05) is 31.2 Å². The summed E-state index contributed by atoms with van der Waals surface area (Å²) in [6, 6.07) is 13.0. The van der Waals surface area contributed by atoms with Crippen LogP contribution in [-0.2, 0) is 6.42 Å². The number of benzene rings is 2. The summed E-state index contributed by atoms with van der Waals surface area (Å²) in [5.74, 6) is -0.330. The SMILES string of the molecule is Cc1ccccc1CC(O)c1cccc(OC(F)(F)F)c1. The maximum absolute atomic E-state index is 12.2. The van der Waals surface area contributed by atoms with Crippen LogP contribution >= 0.6 is 0 Å². The first kappa shape index (κ1) is 15.4. The second kappa shape index (κ2) is 6.18. The zero-order chi connectivity index (χ0) is 15.5. The predicted octanol–water partition coefficient (Wildman–Crippen LogP) is 4.17. The first-order valence-electron chi connectivity index (χ1n) is 6.43. The van der Waals surface area contributed by atoms with Gasteiger partial charge in [0.25, 0.3) is 0 Å². The van der Waals surface area contributed by atoms with E-state index in [4.69, 9.17) is 0 Å². The molecule has 2 aromatic rings. The average molecular weight is 296 g/mol. The molecular weight excluding hydrogens is 281 g/mol. The summed E-state index contributed by atoms with van der Waals surface area (Å²) in [6.45, 7) is 1.92. The molecule has 1 atom stereocenters. The number of aliphatic hydroxyl groups is 1. The Labute approximate surface area is 120 Å². The van der Waals surface area contributed by atoms with E-state index in [-0.39, 0.29) is 5.75 Å². The van der Waals surface area contributed by atoms with Gasteiger partial charge in [0.05, 0.1) is 6.10 Å². The van der Waals surface area contributed by atoms with Crippen LogP contribution in [0.25, 0.3) is 0 Å². The van der Waals surface area contributed by atoms with Crippen molar-refractivity contribution in [3.63, 3.8) is 0 Å². The first-order chi connectivity index (χ1) is 9.85. The summed E-state index contributed by atoms with van der Waals surface area (Å²) < 4.78 is 40.4. The van der Waals surface area contributed by atoms with E-state index in [0.717, 1.165) is 11.1 Å². The Morgan fingerprint density at radius 3 is 2.48 bits per heavy atom. The minimum Gasteiger partial charge on any atom is -0.406 e. The number of hydrogen-bond acceptors (Lipinski definition) is 2. The van der Waals surface area contributed by atoms with Gasteiger partial charge in [-0.3, -0.25) is 0 Å². The molecule has 0 aromatic heterocycles. The predicted molar refractivity (Wildman–Crippen MR) is 73.0 cm³/mol. The summed E-state index contributed by atoms with van der Waals surface area (Å²) in [5, 5.41) is 10.2. The molecule has 0 saturated heterocycles. The van der Waals surface area contributed by atoms with Crippen LogP contribution < -0.4 is 4.74 Å². The fourth-order valence-electron chi connectivity index (χ4n) is 2.08. The highest BCUT2D eigenvalue weighted by Crippen LogP contribution is 2.27. The molecule has 5 heteroatoms. The van der Waals surface area contributed by atoms with Gasteiger partial charge in [-0.25, -0.2) is 0 Å². The van der Waals surface area contributed by atoms with Crippen molar-refractivity contribution in [1.82, 2.24) is 0 Å². The Bertz CT molecular complexity index is 608. The molecular formula is C16H15F3O2. The van der Waals surface area contributed by atoms with Gasteiger partial charge in [0.15, 0.2) is 0 Å². The molecule has 0 aliphatic rings. The molecule has 0 radical (unpaired) electrons. The van der Waals surface area contributed by atoms with Crippen LogP contribution in [0.1, 0.15) is 22.8 Å². The quantitative estimate of drug-likeness (QED) is 0.917. The van der Waals surface area contributed by atoms with Gasteiger partial charge in [-0.2, -0.15) is 0 Å². The van der Waals surface area contributed by atoms with Crippen LogP contribution in [0, 0.1) is 6.92 Å². The van der Waals surface area contributed by atoms with Gasteiger partial charge in [-0.15, -0.1) is 13.2 Å².